The first kappa shape index (κ1) is 36.2. The molecule has 0 aliphatic carbocycles. The summed E-state index contributed by atoms with van der Waals surface area (Å²) in [5.74, 6) is 0.990. The van der Waals surface area contributed by atoms with Gasteiger partial charge in [-0.1, -0.05) is 0 Å². The Labute approximate surface area is 283 Å². The normalized spacial score (nSPS) is 13.4. The van der Waals surface area contributed by atoms with E-state index >= 15 is 0 Å². The van der Waals surface area contributed by atoms with Crippen molar-refractivity contribution in [3.8, 4) is 0 Å². The topological polar surface area (TPSA) is 27.7 Å². The molecule has 0 aliphatic heterocycles. The van der Waals surface area contributed by atoms with Crippen molar-refractivity contribution in [3.05, 3.63) is 121 Å². The molecule has 2 atom stereocenters. The summed E-state index contributed by atoms with van der Waals surface area (Å²) in [4.78, 5) is 0. The molecule has 4 aromatic rings. The first-order valence-corrected chi connectivity index (χ1v) is 27.7. The first-order valence-electron chi connectivity index (χ1n) is 17.3. The Bertz CT molecular complexity index is 1150. The quantitative estimate of drug-likeness (QED) is 0.0848. The molecule has 0 amide bonds. The van der Waals surface area contributed by atoms with Gasteiger partial charge >= 0.3 is 286 Å². The fraction of sp³-hybridized carbons (Fsp3) is 0.400. The molecule has 0 saturated carbocycles. The molecule has 0 aromatic heterocycles. The summed E-state index contributed by atoms with van der Waals surface area (Å²) in [7, 11) is 0. The Hall–Kier alpha value is -1.64. The molecule has 4 aromatic carbocycles. The van der Waals surface area contributed by atoms with Crippen molar-refractivity contribution < 1.29 is 7.56 Å². The van der Waals surface area contributed by atoms with Crippen molar-refractivity contribution in [2.45, 2.75) is 79.1 Å². The number of hydrogen-bond donors (Lipinski definition) is 0. The van der Waals surface area contributed by atoms with E-state index in [1.165, 1.54) is 52.8 Å². The summed E-state index contributed by atoms with van der Waals surface area (Å²) in [5, 5.41) is 0. The Morgan fingerprint density at radius 2 is 0.733 bits per heavy atom. The molecule has 0 heterocycles. The molecule has 0 radical (unpaired) electrons. The van der Waals surface area contributed by atoms with Gasteiger partial charge in [0.05, 0.1) is 0 Å². The molecule has 240 valence electrons. The van der Waals surface area contributed by atoms with Gasteiger partial charge in [0.15, 0.2) is 0 Å². The van der Waals surface area contributed by atoms with Crippen molar-refractivity contribution >= 4 is 52.7 Å². The van der Waals surface area contributed by atoms with E-state index in [-0.39, 0.29) is 0 Å². The third-order valence-electron chi connectivity index (χ3n) is 9.03. The molecular weight excluding hydrogens is 766 g/mol. The summed E-state index contributed by atoms with van der Waals surface area (Å²) in [6.07, 6.45) is 9.40. The Balaban J connectivity index is 1.95. The van der Waals surface area contributed by atoms with Crippen LogP contribution in [0.15, 0.2) is 121 Å². The van der Waals surface area contributed by atoms with Gasteiger partial charge in [-0.15, -0.1) is 0 Å². The fourth-order valence-corrected chi connectivity index (χ4v) is 41.6. The molecular formula is C40H54O3Sn2. The minimum atomic E-state index is -4.41. The van der Waals surface area contributed by atoms with Crippen molar-refractivity contribution in [3.63, 3.8) is 0 Å². The van der Waals surface area contributed by atoms with Gasteiger partial charge in [-0.25, -0.2) is 0 Å². The maximum absolute atomic E-state index is 8.14. The number of benzene rings is 4. The van der Waals surface area contributed by atoms with Gasteiger partial charge < -0.3 is 0 Å². The third kappa shape index (κ3) is 9.69. The average Bonchev–Trinajstić information content (AvgIpc) is 3.12. The van der Waals surface area contributed by atoms with E-state index in [9.17, 15) is 0 Å². The molecule has 45 heavy (non-hydrogen) atoms. The predicted octanol–water partition coefficient (Wildman–Crippen LogP) is 7.98. The van der Waals surface area contributed by atoms with E-state index in [2.05, 4.69) is 149 Å². The van der Waals surface area contributed by atoms with E-state index in [4.69, 9.17) is 7.56 Å². The molecule has 5 heteroatoms. The molecule has 0 saturated heterocycles. The van der Waals surface area contributed by atoms with Crippen LogP contribution in [0.2, 0.25) is 0 Å². The van der Waals surface area contributed by atoms with Crippen LogP contribution >= 0.6 is 0 Å². The van der Waals surface area contributed by atoms with Crippen molar-refractivity contribution in [2.24, 2.45) is 11.8 Å². The summed E-state index contributed by atoms with van der Waals surface area (Å²) in [6, 6.07) is 43.5. The molecule has 0 fully saturated rings. The first-order chi connectivity index (χ1) is 22.1. The standard InChI is InChI=1S/2C8H17O.4C6H5.O.2Sn/c2*1-3-5-6-8(4-2)7-9;4*1-2-4-6-5-3-1;;;/h2*8H,3-7H2,1-2H3;4*1-5H;;;/q2*-1;;;;;;2*+1. The summed E-state index contributed by atoms with van der Waals surface area (Å²) in [6.45, 7) is 10.6. The van der Waals surface area contributed by atoms with Crippen LogP contribution in [0, 0.1) is 11.8 Å². The molecule has 2 unspecified atom stereocenters. The van der Waals surface area contributed by atoms with E-state index in [0.717, 1.165) is 12.8 Å². The second-order valence-corrected chi connectivity index (χ2v) is 32.0. The van der Waals surface area contributed by atoms with Gasteiger partial charge in [-0.05, 0) is 0 Å². The van der Waals surface area contributed by atoms with Gasteiger partial charge in [0.25, 0.3) is 0 Å². The molecule has 3 nitrogen and oxygen atoms in total. The minimum absolute atomic E-state index is 0.495. The third-order valence-corrected chi connectivity index (χ3v) is 37.4. The molecule has 0 bridgehead atoms. The van der Waals surface area contributed by atoms with Crippen molar-refractivity contribution in [1.82, 2.24) is 0 Å². The summed E-state index contributed by atoms with van der Waals surface area (Å²) < 4.78 is 28.0. The van der Waals surface area contributed by atoms with E-state index < -0.39 is 38.4 Å². The zero-order valence-electron chi connectivity index (χ0n) is 28.0. The van der Waals surface area contributed by atoms with Gasteiger partial charge in [0.2, 0.25) is 0 Å². The van der Waals surface area contributed by atoms with Crippen LogP contribution in [0.5, 0.6) is 0 Å². The van der Waals surface area contributed by atoms with Crippen LogP contribution in [0.1, 0.15) is 79.1 Å². The number of hydrogen-bond acceptors (Lipinski definition) is 3. The van der Waals surface area contributed by atoms with Gasteiger partial charge in [0.1, 0.15) is 0 Å². The SMILES string of the molecule is CCCCC(CC)C[O][Sn]([O][Sn]([O]CC(CC)CCCC)([c]1ccccc1)[c]1ccccc1)([c]1ccccc1)[c]1ccccc1. The molecule has 0 N–H and O–H groups in total. The average molecular weight is 820 g/mol. The molecule has 0 spiro atoms. The van der Waals surface area contributed by atoms with Gasteiger partial charge in [-0.2, -0.15) is 0 Å². The monoisotopic (exact) mass is 822 g/mol. The second kappa shape index (κ2) is 19.2. The zero-order chi connectivity index (χ0) is 31.8. The van der Waals surface area contributed by atoms with E-state index in [1.54, 1.807) is 0 Å². The van der Waals surface area contributed by atoms with Gasteiger partial charge in [0, 0.05) is 0 Å². The van der Waals surface area contributed by atoms with Crippen LogP contribution in [-0.4, -0.2) is 51.6 Å². The number of rotatable bonds is 20. The maximum atomic E-state index is 8.14. The van der Waals surface area contributed by atoms with Crippen LogP contribution in [0.25, 0.3) is 0 Å². The molecule has 4 rings (SSSR count). The summed E-state index contributed by atoms with van der Waals surface area (Å²) >= 11 is -8.83. The van der Waals surface area contributed by atoms with Crippen LogP contribution in [0.4, 0.5) is 0 Å². The summed E-state index contributed by atoms with van der Waals surface area (Å²) in [5.41, 5.74) is 0. The Kier molecular flexibility index (Phi) is 15.5. The Morgan fingerprint density at radius 1 is 0.444 bits per heavy atom. The Morgan fingerprint density at radius 3 is 0.978 bits per heavy atom. The van der Waals surface area contributed by atoms with Crippen LogP contribution in [-0.2, 0) is 7.56 Å². The van der Waals surface area contributed by atoms with Gasteiger partial charge in [-0.3, -0.25) is 0 Å². The number of unbranched alkanes of at least 4 members (excludes halogenated alkanes) is 2. The van der Waals surface area contributed by atoms with Crippen LogP contribution in [0.3, 0.4) is 0 Å². The van der Waals surface area contributed by atoms with Crippen molar-refractivity contribution in [2.75, 3.05) is 13.2 Å². The van der Waals surface area contributed by atoms with Crippen LogP contribution < -0.4 is 14.3 Å². The van der Waals surface area contributed by atoms with E-state index in [0.29, 0.717) is 25.0 Å². The fourth-order valence-electron chi connectivity index (χ4n) is 6.06. The van der Waals surface area contributed by atoms with E-state index in [1.807, 2.05) is 0 Å². The zero-order valence-corrected chi connectivity index (χ0v) is 33.7. The predicted molar refractivity (Wildman–Crippen MR) is 195 cm³/mol. The second-order valence-electron chi connectivity index (χ2n) is 12.3. The molecule has 0 aliphatic rings. The van der Waals surface area contributed by atoms with Crippen molar-refractivity contribution in [1.29, 1.82) is 0 Å².